The highest BCUT2D eigenvalue weighted by molar-refractivity contribution is 6.30. The zero-order valence-corrected chi connectivity index (χ0v) is 15.3. The van der Waals surface area contributed by atoms with E-state index in [0.717, 1.165) is 11.1 Å². The van der Waals surface area contributed by atoms with Gasteiger partial charge in [0.15, 0.2) is 5.78 Å². The lowest BCUT2D eigenvalue weighted by atomic mass is 9.86. The maximum absolute atomic E-state index is 12.8. The van der Waals surface area contributed by atoms with E-state index in [0.29, 0.717) is 29.3 Å². The normalized spacial score (nSPS) is 12.2. The Morgan fingerprint density at radius 1 is 0.960 bits per heavy atom. The van der Waals surface area contributed by atoms with Crippen molar-refractivity contribution in [3.63, 3.8) is 0 Å². The SMILES string of the molecule is CC(C)CC(CCC(=O)O)C(=O)c1ccc(-c2ccc(Cl)cc2)cc1. The van der Waals surface area contributed by atoms with Gasteiger partial charge in [0.25, 0.3) is 0 Å². The summed E-state index contributed by atoms with van der Waals surface area (Å²) < 4.78 is 0. The van der Waals surface area contributed by atoms with Gasteiger partial charge in [-0.2, -0.15) is 0 Å². The molecule has 25 heavy (non-hydrogen) atoms. The van der Waals surface area contributed by atoms with Crippen LogP contribution in [0.25, 0.3) is 11.1 Å². The highest BCUT2D eigenvalue weighted by atomic mass is 35.5. The number of ketones is 1. The van der Waals surface area contributed by atoms with E-state index in [2.05, 4.69) is 0 Å². The van der Waals surface area contributed by atoms with Gasteiger partial charge in [0.05, 0.1) is 0 Å². The van der Waals surface area contributed by atoms with Gasteiger partial charge in [-0.15, -0.1) is 0 Å². The molecule has 2 aromatic rings. The molecule has 0 heterocycles. The zero-order valence-electron chi connectivity index (χ0n) is 14.5. The van der Waals surface area contributed by atoms with Crippen LogP contribution in [0.1, 0.15) is 43.5 Å². The third kappa shape index (κ3) is 5.71. The molecule has 1 N–H and O–H groups in total. The van der Waals surface area contributed by atoms with Crippen LogP contribution in [-0.4, -0.2) is 16.9 Å². The summed E-state index contributed by atoms with van der Waals surface area (Å²) in [5.74, 6) is -0.745. The molecule has 1 unspecified atom stereocenters. The van der Waals surface area contributed by atoms with Gasteiger partial charge in [-0.05, 0) is 42.0 Å². The summed E-state index contributed by atoms with van der Waals surface area (Å²) in [4.78, 5) is 23.6. The van der Waals surface area contributed by atoms with E-state index in [-0.39, 0.29) is 18.1 Å². The van der Waals surface area contributed by atoms with Crippen LogP contribution >= 0.6 is 11.6 Å². The molecule has 3 nitrogen and oxygen atoms in total. The Morgan fingerprint density at radius 3 is 1.96 bits per heavy atom. The average Bonchev–Trinajstić information content (AvgIpc) is 2.58. The summed E-state index contributed by atoms with van der Waals surface area (Å²) in [7, 11) is 0. The minimum absolute atomic E-state index is 0.0198. The van der Waals surface area contributed by atoms with Crippen LogP contribution in [-0.2, 0) is 4.79 Å². The molecule has 0 radical (unpaired) electrons. The standard InChI is InChI=1S/C21H23ClO3/c1-14(2)13-18(9-12-20(23)24)21(25)17-5-3-15(4-6-17)16-7-10-19(22)11-8-16/h3-8,10-11,14,18H,9,12-13H2,1-2H3,(H,23,24). The van der Waals surface area contributed by atoms with E-state index in [4.69, 9.17) is 16.7 Å². The molecule has 2 aromatic carbocycles. The molecular weight excluding hydrogens is 336 g/mol. The Bertz CT molecular complexity index is 718. The molecule has 1 atom stereocenters. The summed E-state index contributed by atoms with van der Waals surface area (Å²) in [5, 5.41) is 9.60. The van der Waals surface area contributed by atoms with Crippen molar-refractivity contribution in [2.45, 2.75) is 33.1 Å². The second kappa shape index (κ2) is 8.82. The lowest BCUT2D eigenvalue weighted by Gasteiger charge is -2.17. The van der Waals surface area contributed by atoms with Gasteiger partial charge in [-0.3, -0.25) is 9.59 Å². The molecule has 0 saturated carbocycles. The molecule has 0 aromatic heterocycles. The number of benzene rings is 2. The molecule has 4 heteroatoms. The van der Waals surface area contributed by atoms with E-state index in [9.17, 15) is 9.59 Å². The highest BCUT2D eigenvalue weighted by Gasteiger charge is 2.22. The smallest absolute Gasteiger partial charge is 0.303 e. The van der Waals surface area contributed by atoms with Gasteiger partial charge in [0.1, 0.15) is 0 Å². The summed E-state index contributed by atoms with van der Waals surface area (Å²) in [6, 6.07) is 15.0. The average molecular weight is 359 g/mol. The number of carbonyl (C=O) groups is 2. The molecule has 2 rings (SSSR count). The highest BCUT2D eigenvalue weighted by Crippen LogP contribution is 2.25. The van der Waals surface area contributed by atoms with Crippen molar-refractivity contribution in [1.82, 2.24) is 0 Å². The first-order valence-electron chi connectivity index (χ1n) is 8.49. The molecule has 0 aliphatic rings. The lowest BCUT2D eigenvalue weighted by Crippen LogP contribution is -2.18. The molecule has 0 saturated heterocycles. The van der Waals surface area contributed by atoms with E-state index >= 15 is 0 Å². The third-order valence-electron chi connectivity index (χ3n) is 4.18. The minimum atomic E-state index is -0.861. The number of carboxylic acid groups (broad SMARTS) is 1. The van der Waals surface area contributed by atoms with Crippen LogP contribution in [0, 0.1) is 11.8 Å². The van der Waals surface area contributed by atoms with Crippen molar-refractivity contribution in [3.05, 3.63) is 59.1 Å². The second-order valence-corrected chi connectivity index (χ2v) is 7.14. The van der Waals surface area contributed by atoms with Crippen molar-refractivity contribution >= 4 is 23.4 Å². The number of carboxylic acids is 1. The fraction of sp³-hybridized carbons (Fsp3) is 0.333. The Hall–Kier alpha value is -2.13. The first-order chi connectivity index (χ1) is 11.9. The maximum atomic E-state index is 12.8. The number of hydrogen-bond acceptors (Lipinski definition) is 2. The quantitative estimate of drug-likeness (QED) is 0.614. The van der Waals surface area contributed by atoms with Crippen LogP contribution in [0.3, 0.4) is 0 Å². The number of rotatable bonds is 8. The number of carbonyl (C=O) groups excluding carboxylic acids is 1. The Kier molecular flexibility index (Phi) is 6.77. The summed E-state index contributed by atoms with van der Waals surface area (Å²) in [6.07, 6.45) is 1.10. The fourth-order valence-electron chi connectivity index (χ4n) is 2.93. The van der Waals surface area contributed by atoms with Crippen molar-refractivity contribution < 1.29 is 14.7 Å². The number of halogens is 1. The topological polar surface area (TPSA) is 54.4 Å². The molecule has 0 bridgehead atoms. The van der Waals surface area contributed by atoms with Crippen LogP contribution < -0.4 is 0 Å². The monoisotopic (exact) mass is 358 g/mol. The van der Waals surface area contributed by atoms with Crippen molar-refractivity contribution in [2.75, 3.05) is 0 Å². The van der Waals surface area contributed by atoms with Crippen molar-refractivity contribution in [1.29, 1.82) is 0 Å². The van der Waals surface area contributed by atoms with Gasteiger partial charge < -0.3 is 5.11 Å². The molecule has 0 aliphatic heterocycles. The Balaban J connectivity index is 2.16. The van der Waals surface area contributed by atoms with Crippen LogP contribution in [0.2, 0.25) is 5.02 Å². The van der Waals surface area contributed by atoms with E-state index in [1.54, 1.807) is 0 Å². The minimum Gasteiger partial charge on any atom is -0.481 e. The van der Waals surface area contributed by atoms with Gasteiger partial charge in [-0.25, -0.2) is 0 Å². The second-order valence-electron chi connectivity index (χ2n) is 6.71. The molecule has 132 valence electrons. The van der Waals surface area contributed by atoms with Crippen molar-refractivity contribution in [2.24, 2.45) is 11.8 Å². The summed E-state index contributed by atoms with van der Waals surface area (Å²) in [5.41, 5.74) is 2.68. The fourth-order valence-corrected chi connectivity index (χ4v) is 3.05. The number of Topliss-reactive ketones (excluding diaryl/α,β-unsaturated/α-hetero) is 1. The van der Waals surface area contributed by atoms with Crippen molar-refractivity contribution in [3.8, 4) is 11.1 Å². The van der Waals surface area contributed by atoms with Gasteiger partial charge in [-0.1, -0.05) is 61.8 Å². The molecule has 0 aliphatic carbocycles. The van der Waals surface area contributed by atoms with Gasteiger partial charge in [0, 0.05) is 22.9 Å². The Morgan fingerprint density at radius 2 is 1.48 bits per heavy atom. The molecular formula is C21H23ClO3. The van der Waals surface area contributed by atoms with E-state index in [1.807, 2.05) is 62.4 Å². The molecule has 0 fully saturated rings. The third-order valence-corrected chi connectivity index (χ3v) is 4.43. The predicted octanol–water partition coefficient (Wildman–Crippen LogP) is 5.72. The molecule has 0 spiro atoms. The van der Waals surface area contributed by atoms with E-state index < -0.39 is 5.97 Å². The summed E-state index contributed by atoms with van der Waals surface area (Å²) in [6.45, 7) is 4.09. The molecule has 0 amide bonds. The predicted molar refractivity (Wildman–Crippen MR) is 101 cm³/mol. The number of hydrogen-bond donors (Lipinski definition) is 1. The first kappa shape index (κ1) is 19.2. The van der Waals surface area contributed by atoms with Crippen LogP contribution in [0.5, 0.6) is 0 Å². The summed E-state index contributed by atoms with van der Waals surface area (Å²) >= 11 is 5.91. The number of aliphatic carboxylic acids is 1. The van der Waals surface area contributed by atoms with Crippen LogP contribution in [0.4, 0.5) is 0 Å². The van der Waals surface area contributed by atoms with E-state index in [1.165, 1.54) is 0 Å². The lowest BCUT2D eigenvalue weighted by molar-refractivity contribution is -0.137. The first-order valence-corrected chi connectivity index (χ1v) is 8.86. The zero-order chi connectivity index (χ0) is 18.4. The Labute approximate surface area is 153 Å². The van der Waals surface area contributed by atoms with Gasteiger partial charge in [0.2, 0.25) is 0 Å². The largest absolute Gasteiger partial charge is 0.481 e. The maximum Gasteiger partial charge on any atom is 0.303 e. The van der Waals surface area contributed by atoms with Crippen LogP contribution in [0.15, 0.2) is 48.5 Å². The van der Waals surface area contributed by atoms with Gasteiger partial charge >= 0.3 is 5.97 Å².